The topological polar surface area (TPSA) is 111 Å². The lowest BCUT2D eigenvalue weighted by Gasteiger charge is -2.31. The van der Waals surface area contributed by atoms with E-state index in [1.165, 1.54) is 30.2 Å². The number of ether oxygens (including phenoxy) is 2. The normalized spacial score (nSPS) is 11.5. The van der Waals surface area contributed by atoms with E-state index in [1.807, 2.05) is 50.2 Å². The highest BCUT2D eigenvalue weighted by Crippen LogP contribution is 2.31. The summed E-state index contributed by atoms with van der Waals surface area (Å²) in [6.45, 7) is 4.17. The molecule has 0 bridgehead atoms. The van der Waals surface area contributed by atoms with Crippen LogP contribution in [0.5, 0.6) is 11.5 Å². The Morgan fingerprint density at radius 3 is 2.38 bits per heavy atom. The Bertz CT molecular complexity index is 1290. The smallest absolute Gasteiger partial charge is 0.311 e. The summed E-state index contributed by atoms with van der Waals surface area (Å²) in [5.74, 6) is -0.259. The fourth-order valence-corrected chi connectivity index (χ4v) is 4.15. The molecule has 0 saturated heterocycles. The summed E-state index contributed by atoms with van der Waals surface area (Å²) < 4.78 is 10.8. The number of amides is 2. The predicted octanol–water partition coefficient (Wildman–Crippen LogP) is 5.05. The lowest BCUT2D eigenvalue weighted by Crippen LogP contribution is -2.52. The molecule has 0 aliphatic heterocycles. The average molecular weight is 554 g/mol. The van der Waals surface area contributed by atoms with Gasteiger partial charge >= 0.3 is 5.69 Å². The van der Waals surface area contributed by atoms with Crippen molar-refractivity contribution in [1.29, 1.82) is 0 Å². The molecule has 1 atom stereocenters. The number of hydrogen-bond acceptors (Lipinski definition) is 6. The van der Waals surface area contributed by atoms with Gasteiger partial charge in [-0.1, -0.05) is 67.9 Å². The third-order valence-corrected chi connectivity index (χ3v) is 6.14. The summed E-state index contributed by atoms with van der Waals surface area (Å²) in [7, 11) is 1.31. The van der Waals surface area contributed by atoms with Crippen LogP contribution in [0.2, 0.25) is 5.02 Å². The Hall–Kier alpha value is -4.11. The molecule has 0 radical (unpaired) electrons. The number of nitrogens with one attached hydrogen (secondary N) is 1. The van der Waals surface area contributed by atoms with E-state index in [1.54, 1.807) is 18.2 Å². The van der Waals surface area contributed by atoms with Gasteiger partial charge in [0, 0.05) is 36.7 Å². The largest absolute Gasteiger partial charge is 0.490 e. The number of carbonyl (C=O) groups is 2. The Labute approximate surface area is 232 Å². The van der Waals surface area contributed by atoms with E-state index in [-0.39, 0.29) is 35.6 Å². The first-order chi connectivity index (χ1) is 18.7. The zero-order valence-corrected chi connectivity index (χ0v) is 22.9. The van der Waals surface area contributed by atoms with Gasteiger partial charge in [-0.3, -0.25) is 19.7 Å². The average Bonchev–Trinajstić information content (AvgIpc) is 2.92. The Balaban J connectivity index is 1.91. The summed E-state index contributed by atoms with van der Waals surface area (Å²) in [6.07, 6.45) is 0.294. The molecule has 3 aromatic rings. The standard InChI is InChI=1S/C29H32ClN3O6/c1-20(2)17-31-29(35)26(15-21-8-5-4-6-9-21)32(18-22-10-7-11-23(30)14-22)28(34)19-39-24-12-13-25(33(36)37)27(16-24)38-3/h4-14,16,20,26H,15,17-19H2,1-3H3,(H,31,35). The second kappa shape index (κ2) is 14.2. The maximum Gasteiger partial charge on any atom is 0.311 e. The minimum atomic E-state index is -0.826. The van der Waals surface area contributed by atoms with Crippen LogP contribution in [-0.4, -0.2) is 47.9 Å². The summed E-state index contributed by atoms with van der Waals surface area (Å²) in [6, 6.07) is 19.7. The number of benzene rings is 3. The van der Waals surface area contributed by atoms with E-state index in [0.717, 1.165) is 11.1 Å². The summed E-state index contributed by atoms with van der Waals surface area (Å²) >= 11 is 6.20. The predicted molar refractivity (Wildman–Crippen MR) is 149 cm³/mol. The molecule has 0 aliphatic carbocycles. The molecule has 3 rings (SSSR count). The molecule has 0 fully saturated rings. The van der Waals surface area contributed by atoms with Crippen LogP contribution >= 0.6 is 11.6 Å². The van der Waals surface area contributed by atoms with Gasteiger partial charge in [0.05, 0.1) is 12.0 Å². The van der Waals surface area contributed by atoms with Crippen LogP contribution < -0.4 is 14.8 Å². The minimum absolute atomic E-state index is 0.00995. The monoisotopic (exact) mass is 553 g/mol. The van der Waals surface area contributed by atoms with Crippen LogP contribution in [0.25, 0.3) is 0 Å². The summed E-state index contributed by atoms with van der Waals surface area (Å²) in [5, 5.41) is 14.7. The van der Waals surface area contributed by atoms with Gasteiger partial charge in [-0.25, -0.2) is 0 Å². The molecule has 10 heteroatoms. The van der Waals surface area contributed by atoms with Crippen molar-refractivity contribution in [2.75, 3.05) is 20.3 Å². The molecule has 2 amide bonds. The molecule has 9 nitrogen and oxygen atoms in total. The number of carbonyl (C=O) groups excluding carboxylic acids is 2. The van der Waals surface area contributed by atoms with E-state index >= 15 is 0 Å². The van der Waals surface area contributed by atoms with Gasteiger partial charge in [0.25, 0.3) is 5.91 Å². The maximum absolute atomic E-state index is 13.7. The minimum Gasteiger partial charge on any atom is -0.490 e. The van der Waals surface area contributed by atoms with Crippen molar-refractivity contribution in [3.63, 3.8) is 0 Å². The lowest BCUT2D eigenvalue weighted by molar-refractivity contribution is -0.385. The van der Waals surface area contributed by atoms with Gasteiger partial charge in [0.2, 0.25) is 11.7 Å². The number of hydrogen-bond donors (Lipinski definition) is 1. The molecule has 0 aliphatic rings. The maximum atomic E-state index is 13.7. The third-order valence-electron chi connectivity index (χ3n) is 5.91. The molecule has 0 saturated carbocycles. The second-order valence-corrected chi connectivity index (χ2v) is 9.81. The van der Waals surface area contributed by atoms with Crippen LogP contribution in [0.4, 0.5) is 5.69 Å². The summed E-state index contributed by atoms with van der Waals surface area (Å²) in [4.78, 5) is 39.2. The van der Waals surface area contributed by atoms with E-state index in [2.05, 4.69) is 5.32 Å². The fraction of sp³-hybridized carbons (Fsp3) is 0.310. The molecular formula is C29H32ClN3O6. The number of nitro groups is 1. The Morgan fingerprint density at radius 1 is 1.03 bits per heavy atom. The van der Waals surface area contributed by atoms with E-state index in [4.69, 9.17) is 21.1 Å². The van der Waals surface area contributed by atoms with Crippen LogP contribution in [-0.2, 0) is 22.6 Å². The molecule has 39 heavy (non-hydrogen) atoms. The SMILES string of the molecule is COc1cc(OCC(=O)N(Cc2cccc(Cl)c2)C(Cc2ccccc2)C(=O)NCC(C)C)ccc1[N+](=O)[O-]. The fourth-order valence-electron chi connectivity index (χ4n) is 3.94. The first-order valence-corrected chi connectivity index (χ1v) is 12.9. The molecule has 1 unspecified atom stereocenters. The van der Waals surface area contributed by atoms with Crippen molar-refractivity contribution in [2.24, 2.45) is 5.92 Å². The van der Waals surface area contributed by atoms with Gasteiger partial charge < -0.3 is 19.7 Å². The van der Waals surface area contributed by atoms with Crippen LogP contribution in [0, 0.1) is 16.0 Å². The van der Waals surface area contributed by atoms with E-state index in [0.29, 0.717) is 18.0 Å². The van der Waals surface area contributed by atoms with Crippen LogP contribution in [0.3, 0.4) is 0 Å². The van der Waals surface area contributed by atoms with Crippen molar-refractivity contribution < 1.29 is 24.0 Å². The van der Waals surface area contributed by atoms with Gasteiger partial charge in [0.15, 0.2) is 6.61 Å². The van der Waals surface area contributed by atoms with E-state index in [9.17, 15) is 19.7 Å². The molecule has 0 spiro atoms. The Kier molecular flexibility index (Phi) is 10.7. The Morgan fingerprint density at radius 2 is 1.74 bits per heavy atom. The summed E-state index contributed by atoms with van der Waals surface area (Å²) in [5.41, 5.74) is 1.43. The van der Waals surface area contributed by atoms with Gasteiger partial charge in [-0.15, -0.1) is 0 Å². The highest BCUT2D eigenvalue weighted by molar-refractivity contribution is 6.30. The van der Waals surface area contributed by atoms with Crippen molar-refractivity contribution in [3.05, 3.63) is 99.1 Å². The molecule has 0 heterocycles. The molecular weight excluding hydrogens is 522 g/mol. The van der Waals surface area contributed by atoms with Gasteiger partial charge in [0.1, 0.15) is 11.8 Å². The number of halogens is 1. The van der Waals surface area contributed by atoms with Crippen LogP contribution in [0.15, 0.2) is 72.8 Å². The quantitative estimate of drug-likeness (QED) is 0.234. The first-order valence-electron chi connectivity index (χ1n) is 12.5. The highest BCUT2D eigenvalue weighted by atomic mass is 35.5. The van der Waals surface area contributed by atoms with Crippen LogP contribution in [0.1, 0.15) is 25.0 Å². The number of rotatable bonds is 13. The van der Waals surface area contributed by atoms with Crippen molar-refractivity contribution >= 4 is 29.1 Å². The van der Waals surface area contributed by atoms with Crippen molar-refractivity contribution in [3.8, 4) is 11.5 Å². The van der Waals surface area contributed by atoms with Crippen molar-refractivity contribution in [1.82, 2.24) is 10.2 Å². The second-order valence-electron chi connectivity index (χ2n) is 9.38. The third kappa shape index (κ3) is 8.71. The van der Waals surface area contributed by atoms with Crippen molar-refractivity contribution in [2.45, 2.75) is 32.9 Å². The molecule has 0 aromatic heterocycles. The number of methoxy groups -OCH3 is 1. The zero-order valence-electron chi connectivity index (χ0n) is 22.1. The highest BCUT2D eigenvalue weighted by Gasteiger charge is 2.31. The zero-order chi connectivity index (χ0) is 28.4. The number of nitro benzene ring substituents is 1. The van der Waals surface area contributed by atoms with Gasteiger partial charge in [-0.2, -0.15) is 0 Å². The first kappa shape index (κ1) is 29.4. The molecule has 1 N–H and O–H groups in total. The lowest BCUT2D eigenvalue weighted by atomic mass is 10.0. The van der Waals surface area contributed by atoms with Gasteiger partial charge in [-0.05, 0) is 35.2 Å². The van der Waals surface area contributed by atoms with E-state index < -0.39 is 23.5 Å². The molecule has 3 aromatic carbocycles. The molecule has 206 valence electrons. The number of nitrogens with zero attached hydrogens (tertiary/aromatic N) is 2.